The first-order chi connectivity index (χ1) is 16.2. The van der Waals surface area contributed by atoms with Gasteiger partial charge in [0.25, 0.3) is 5.91 Å². The number of furan rings is 1. The van der Waals surface area contributed by atoms with Crippen LogP contribution in [0.4, 0.5) is 18.3 Å². The first-order valence-corrected chi connectivity index (χ1v) is 11.4. The smallest absolute Gasteiger partial charge is 0.456 e. The molecule has 34 heavy (non-hydrogen) atoms. The fourth-order valence-electron chi connectivity index (χ4n) is 3.70. The molecule has 1 aliphatic rings. The Labute approximate surface area is 197 Å². The van der Waals surface area contributed by atoms with Crippen LogP contribution in [-0.4, -0.2) is 58.9 Å². The predicted molar refractivity (Wildman–Crippen MR) is 119 cm³/mol. The average molecular weight is 497 g/mol. The van der Waals surface area contributed by atoms with Crippen molar-refractivity contribution >= 4 is 22.6 Å². The van der Waals surface area contributed by atoms with Gasteiger partial charge in [0.15, 0.2) is 5.76 Å². The number of hydrogen-bond acceptors (Lipinski definition) is 8. The normalized spacial score (nSPS) is 15.8. The van der Waals surface area contributed by atoms with E-state index in [2.05, 4.69) is 31.2 Å². The summed E-state index contributed by atoms with van der Waals surface area (Å²) in [5.41, 5.74) is 0.910. The number of carbonyl (C=O) groups is 1. The van der Waals surface area contributed by atoms with Crippen LogP contribution in [0.15, 0.2) is 34.7 Å². The lowest BCUT2D eigenvalue weighted by molar-refractivity contribution is -0.274. The molecule has 182 valence electrons. The fraction of sp³-hybridized carbons (Fsp3) is 0.409. The standard InChI is InChI=1S/C22H23F3N4O4S/c1-13(29-6-8-31-9-7-29)10-19-26-21(34-28-19)27-20(30)18-12-17(14(2)32-18)15-4-3-5-16(11-15)33-22(23,24)25/h3-5,11-13H,6-10H2,1-2H3,(H,26,27,28,30). The molecule has 1 atom stereocenters. The molecule has 12 heteroatoms. The summed E-state index contributed by atoms with van der Waals surface area (Å²) in [6.45, 7) is 6.87. The largest absolute Gasteiger partial charge is 0.573 e. The van der Waals surface area contributed by atoms with Crippen LogP contribution in [0.3, 0.4) is 0 Å². The van der Waals surface area contributed by atoms with Crippen molar-refractivity contribution in [1.82, 2.24) is 14.3 Å². The summed E-state index contributed by atoms with van der Waals surface area (Å²) in [5.74, 6) is 0.141. The number of nitrogens with zero attached hydrogens (tertiary/aromatic N) is 3. The van der Waals surface area contributed by atoms with Gasteiger partial charge < -0.3 is 13.9 Å². The Morgan fingerprint density at radius 2 is 2.06 bits per heavy atom. The molecule has 4 rings (SSSR count). The lowest BCUT2D eigenvalue weighted by Crippen LogP contribution is -2.43. The highest BCUT2D eigenvalue weighted by Gasteiger charge is 2.31. The van der Waals surface area contributed by atoms with E-state index in [9.17, 15) is 18.0 Å². The van der Waals surface area contributed by atoms with Gasteiger partial charge in [0.05, 0.1) is 13.2 Å². The highest BCUT2D eigenvalue weighted by molar-refractivity contribution is 7.09. The third-order valence-corrected chi connectivity index (χ3v) is 6.02. The molecule has 1 N–H and O–H groups in total. The van der Waals surface area contributed by atoms with Gasteiger partial charge in [-0.1, -0.05) is 12.1 Å². The minimum atomic E-state index is -4.80. The Kier molecular flexibility index (Phi) is 7.19. The van der Waals surface area contributed by atoms with Crippen LogP contribution in [0.5, 0.6) is 5.75 Å². The molecular formula is C22H23F3N4O4S. The van der Waals surface area contributed by atoms with E-state index in [0.29, 0.717) is 47.5 Å². The molecule has 0 aliphatic carbocycles. The maximum atomic E-state index is 12.7. The molecule has 3 aromatic rings. The maximum Gasteiger partial charge on any atom is 0.573 e. The lowest BCUT2D eigenvalue weighted by Gasteiger charge is -2.31. The summed E-state index contributed by atoms with van der Waals surface area (Å²) >= 11 is 1.07. The zero-order valence-corrected chi connectivity index (χ0v) is 19.3. The number of benzene rings is 1. The molecule has 1 amide bonds. The van der Waals surface area contributed by atoms with E-state index in [-0.39, 0.29) is 17.6 Å². The number of aryl methyl sites for hydroxylation is 1. The van der Waals surface area contributed by atoms with Crippen LogP contribution < -0.4 is 10.1 Å². The second kappa shape index (κ2) is 10.1. The summed E-state index contributed by atoms with van der Waals surface area (Å²) in [7, 11) is 0. The monoisotopic (exact) mass is 496 g/mol. The van der Waals surface area contributed by atoms with Crippen LogP contribution in [0.1, 0.15) is 29.1 Å². The highest BCUT2D eigenvalue weighted by atomic mass is 32.1. The number of hydrogen-bond donors (Lipinski definition) is 1. The molecular weight excluding hydrogens is 473 g/mol. The van der Waals surface area contributed by atoms with Crippen molar-refractivity contribution in [1.29, 1.82) is 0 Å². The molecule has 1 saturated heterocycles. The van der Waals surface area contributed by atoms with Crippen LogP contribution in [0, 0.1) is 6.92 Å². The van der Waals surface area contributed by atoms with Crippen molar-refractivity contribution in [2.24, 2.45) is 0 Å². The molecule has 0 spiro atoms. The number of aromatic nitrogens is 2. The SMILES string of the molecule is Cc1oc(C(=O)Nc2nc(CC(C)N3CCOCC3)ns2)cc1-c1cccc(OC(F)(F)F)c1. The number of halogens is 3. The number of alkyl halides is 3. The van der Waals surface area contributed by atoms with Gasteiger partial charge in [0.1, 0.15) is 17.3 Å². The van der Waals surface area contributed by atoms with Crippen molar-refractivity contribution in [3.63, 3.8) is 0 Å². The van der Waals surface area contributed by atoms with Crippen molar-refractivity contribution in [3.05, 3.63) is 47.7 Å². The number of nitrogens with one attached hydrogen (secondary N) is 1. The van der Waals surface area contributed by atoms with E-state index in [0.717, 1.165) is 24.6 Å². The topological polar surface area (TPSA) is 89.7 Å². The maximum absolute atomic E-state index is 12.7. The molecule has 1 aromatic carbocycles. The Morgan fingerprint density at radius 3 is 2.79 bits per heavy atom. The van der Waals surface area contributed by atoms with Crippen LogP contribution in [-0.2, 0) is 11.2 Å². The second-order valence-electron chi connectivity index (χ2n) is 7.83. The molecule has 1 unspecified atom stereocenters. The molecule has 0 bridgehead atoms. The van der Waals surface area contributed by atoms with Gasteiger partial charge in [0, 0.05) is 42.6 Å². The van der Waals surface area contributed by atoms with Gasteiger partial charge in [0.2, 0.25) is 5.13 Å². The van der Waals surface area contributed by atoms with E-state index in [1.807, 2.05) is 0 Å². The number of carbonyl (C=O) groups excluding carboxylic acids is 1. The zero-order valence-electron chi connectivity index (χ0n) is 18.5. The van der Waals surface area contributed by atoms with E-state index < -0.39 is 12.3 Å². The third-order valence-electron chi connectivity index (χ3n) is 5.36. The van der Waals surface area contributed by atoms with Gasteiger partial charge in [-0.3, -0.25) is 15.0 Å². The fourth-order valence-corrected chi connectivity index (χ4v) is 4.29. The van der Waals surface area contributed by atoms with Gasteiger partial charge >= 0.3 is 6.36 Å². The Bertz CT molecular complexity index is 1140. The van der Waals surface area contributed by atoms with E-state index in [4.69, 9.17) is 9.15 Å². The predicted octanol–water partition coefficient (Wildman–Crippen LogP) is 4.52. The Balaban J connectivity index is 1.41. The van der Waals surface area contributed by atoms with Crippen LogP contribution in [0.25, 0.3) is 11.1 Å². The third kappa shape index (κ3) is 6.13. The van der Waals surface area contributed by atoms with Gasteiger partial charge in [-0.15, -0.1) is 13.2 Å². The first-order valence-electron chi connectivity index (χ1n) is 10.6. The first kappa shape index (κ1) is 24.2. The number of rotatable bonds is 7. The summed E-state index contributed by atoms with van der Waals surface area (Å²) < 4.78 is 56.8. The number of anilines is 1. The zero-order chi connectivity index (χ0) is 24.3. The van der Waals surface area contributed by atoms with Crippen molar-refractivity contribution in [2.45, 2.75) is 32.7 Å². The number of morpholine rings is 1. The second-order valence-corrected chi connectivity index (χ2v) is 8.58. The average Bonchev–Trinajstić information content (AvgIpc) is 3.39. The van der Waals surface area contributed by atoms with E-state index in [1.165, 1.54) is 24.3 Å². The molecule has 1 fully saturated rings. The van der Waals surface area contributed by atoms with Crippen molar-refractivity contribution in [3.8, 4) is 16.9 Å². The molecule has 0 saturated carbocycles. The number of amides is 1. The summed E-state index contributed by atoms with van der Waals surface area (Å²) in [4.78, 5) is 19.4. The summed E-state index contributed by atoms with van der Waals surface area (Å²) in [6.07, 6.45) is -4.15. The van der Waals surface area contributed by atoms with E-state index >= 15 is 0 Å². The summed E-state index contributed by atoms with van der Waals surface area (Å²) in [6, 6.07) is 7.19. The Hall–Kier alpha value is -2.96. The molecule has 2 aromatic heterocycles. The lowest BCUT2D eigenvalue weighted by atomic mass is 10.1. The molecule has 0 radical (unpaired) electrons. The molecule has 3 heterocycles. The highest BCUT2D eigenvalue weighted by Crippen LogP contribution is 2.31. The van der Waals surface area contributed by atoms with Crippen molar-refractivity contribution < 1.29 is 31.9 Å². The van der Waals surface area contributed by atoms with Gasteiger partial charge in [-0.25, -0.2) is 4.98 Å². The summed E-state index contributed by atoms with van der Waals surface area (Å²) in [5, 5.41) is 3.01. The van der Waals surface area contributed by atoms with Crippen LogP contribution >= 0.6 is 11.5 Å². The Morgan fingerprint density at radius 1 is 1.29 bits per heavy atom. The van der Waals surface area contributed by atoms with Gasteiger partial charge in [-0.05, 0) is 37.6 Å². The van der Waals surface area contributed by atoms with Crippen molar-refractivity contribution in [2.75, 3.05) is 31.6 Å². The quantitative estimate of drug-likeness (QED) is 0.514. The molecule has 1 aliphatic heterocycles. The van der Waals surface area contributed by atoms with E-state index in [1.54, 1.807) is 13.0 Å². The van der Waals surface area contributed by atoms with Crippen LogP contribution in [0.2, 0.25) is 0 Å². The minimum absolute atomic E-state index is 0.00748. The minimum Gasteiger partial charge on any atom is -0.456 e. The number of ether oxygens (including phenoxy) is 2. The molecule has 8 nitrogen and oxygen atoms in total. The van der Waals surface area contributed by atoms with Gasteiger partial charge in [-0.2, -0.15) is 4.37 Å².